The number of benzene rings is 1. The second kappa shape index (κ2) is 9.08. The number of pyridine rings is 1. The van der Waals surface area contributed by atoms with Crippen molar-refractivity contribution in [2.24, 2.45) is 0 Å². The van der Waals surface area contributed by atoms with E-state index in [1.807, 2.05) is 4.90 Å². The number of carbonyl (C=O) groups excluding carboxylic acids is 1. The van der Waals surface area contributed by atoms with Crippen LogP contribution >= 0.6 is 39.1 Å². The third kappa shape index (κ3) is 4.98. The molecule has 10 heteroatoms. The van der Waals surface area contributed by atoms with E-state index in [1.165, 1.54) is 0 Å². The molecule has 1 saturated heterocycles. The zero-order chi connectivity index (χ0) is 22.9. The summed E-state index contributed by atoms with van der Waals surface area (Å²) in [5.41, 5.74) is 0.793. The van der Waals surface area contributed by atoms with Crippen molar-refractivity contribution < 1.29 is 9.53 Å². The van der Waals surface area contributed by atoms with Gasteiger partial charge >= 0.3 is 6.09 Å². The second-order valence-electron chi connectivity index (χ2n) is 8.14. The lowest BCUT2D eigenvalue weighted by Crippen LogP contribution is -2.57. The Morgan fingerprint density at radius 2 is 2.13 bits per heavy atom. The Morgan fingerprint density at radius 3 is 2.74 bits per heavy atom. The monoisotopic (exact) mass is 523 g/mol. The molecule has 1 aromatic carbocycles. The number of carbonyl (C=O) groups is 1. The molecule has 7 nitrogen and oxygen atoms in total. The molecule has 0 unspecified atom stereocenters. The summed E-state index contributed by atoms with van der Waals surface area (Å²) >= 11 is 16.0. The van der Waals surface area contributed by atoms with E-state index in [9.17, 15) is 10.1 Å². The highest BCUT2D eigenvalue weighted by molar-refractivity contribution is 9.10. The molecule has 0 radical (unpaired) electrons. The molecule has 1 atom stereocenters. The molecule has 0 spiro atoms. The number of hydrogen-bond acceptors (Lipinski definition) is 5. The average Bonchev–Trinajstić information content (AvgIpc) is 2.67. The van der Waals surface area contributed by atoms with Gasteiger partial charge in [-0.25, -0.2) is 16.4 Å². The van der Waals surface area contributed by atoms with Crippen LogP contribution in [-0.4, -0.2) is 53.8 Å². The van der Waals surface area contributed by atoms with E-state index in [0.717, 1.165) is 0 Å². The summed E-state index contributed by atoms with van der Waals surface area (Å²) in [6.45, 7) is 14.0. The third-order valence-electron chi connectivity index (χ3n) is 4.80. The van der Waals surface area contributed by atoms with Gasteiger partial charge in [-0.15, -0.1) is 0 Å². The summed E-state index contributed by atoms with van der Waals surface area (Å²) in [7, 11) is 0. The maximum atomic E-state index is 12.7. The number of nitriles is 1. The lowest BCUT2D eigenvalue weighted by molar-refractivity contribution is 0.0156. The van der Waals surface area contributed by atoms with Crippen molar-refractivity contribution in [3.8, 4) is 6.07 Å². The maximum Gasteiger partial charge on any atom is 0.410 e. The van der Waals surface area contributed by atoms with E-state index in [1.54, 1.807) is 37.8 Å². The first-order valence-corrected chi connectivity index (χ1v) is 11.1. The lowest BCUT2D eigenvalue weighted by Gasteiger charge is -2.41. The van der Waals surface area contributed by atoms with Crippen LogP contribution in [0, 0.1) is 17.9 Å². The van der Waals surface area contributed by atoms with Gasteiger partial charge < -0.3 is 14.5 Å². The highest BCUT2D eigenvalue weighted by atomic mass is 79.9. The zero-order valence-corrected chi connectivity index (χ0v) is 20.3. The fourth-order valence-corrected chi connectivity index (χ4v) is 4.24. The largest absolute Gasteiger partial charge is 0.444 e. The van der Waals surface area contributed by atoms with Crippen molar-refractivity contribution in [2.75, 3.05) is 31.1 Å². The Morgan fingerprint density at radius 1 is 1.42 bits per heavy atom. The molecule has 162 valence electrons. The van der Waals surface area contributed by atoms with Gasteiger partial charge in [0.05, 0.1) is 16.2 Å². The molecule has 1 aromatic heterocycles. The summed E-state index contributed by atoms with van der Waals surface area (Å²) in [4.78, 5) is 24.1. The molecule has 2 heterocycles. The maximum absolute atomic E-state index is 12.7. The summed E-state index contributed by atoms with van der Waals surface area (Å²) in [6.07, 6.45) is -0.453. The van der Waals surface area contributed by atoms with Gasteiger partial charge in [-0.2, -0.15) is 5.26 Å². The van der Waals surface area contributed by atoms with Crippen LogP contribution in [0.4, 0.5) is 10.5 Å². The van der Waals surface area contributed by atoms with E-state index in [-0.39, 0.29) is 17.3 Å². The number of nitrogens with zero attached hydrogens (tertiary/aromatic N) is 5. The summed E-state index contributed by atoms with van der Waals surface area (Å²) in [5, 5.41) is 11.0. The summed E-state index contributed by atoms with van der Waals surface area (Å²) in [6, 6.07) is 5.23. The van der Waals surface area contributed by atoms with Crippen LogP contribution in [0.15, 0.2) is 16.6 Å². The molecule has 3 rings (SSSR count). The quantitative estimate of drug-likeness (QED) is 0.382. The van der Waals surface area contributed by atoms with E-state index in [4.69, 9.17) is 34.5 Å². The standard InChI is InChI=1S/C21H20BrCl2N5O2/c1-21(2,3)31-20(30)29-6-5-28(11-12(29)10-26-4)18-13-7-16(23)15(22)8-17(13)27-19(24)14(18)9-25/h7-8,12H,5-6,10-11H2,1-3H3/t12-/m0/s1. The molecule has 0 aliphatic carbocycles. The smallest absolute Gasteiger partial charge is 0.410 e. The van der Waals surface area contributed by atoms with Gasteiger partial charge in [0.15, 0.2) is 0 Å². The SMILES string of the molecule is [C-]#[N+]C[C@H]1CN(c2c(C#N)c(Cl)nc3cc(Br)c(Cl)cc23)CCN1C(=O)OC(C)(C)C. The number of piperazine rings is 1. The topological polar surface area (TPSA) is 73.8 Å². The van der Waals surface area contributed by atoms with Gasteiger partial charge in [-0.3, -0.25) is 4.90 Å². The number of hydrogen-bond donors (Lipinski definition) is 0. The average molecular weight is 525 g/mol. The molecule has 1 aliphatic rings. The molecule has 2 aromatic rings. The fourth-order valence-electron chi connectivity index (χ4n) is 3.52. The van der Waals surface area contributed by atoms with Crippen molar-refractivity contribution in [2.45, 2.75) is 32.4 Å². The number of ether oxygens (including phenoxy) is 1. The van der Waals surface area contributed by atoms with E-state index < -0.39 is 17.7 Å². The first-order chi connectivity index (χ1) is 14.6. The summed E-state index contributed by atoms with van der Waals surface area (Å²) < 4.78 is 6.19. The normalized spacial score (nSPS) is 16.7. The first-order valence-electron chi connectivity index (χ1n) is 9.52. The Kier molecular flexibility index (Phi) is 6.85. The Balaban J connectivity index is 2.04. The molecular formula is C21H20BrCl2N5O2. The minimum absolute atomic E-state index is 0.0931. The molecule has 0 saturated carbocycles. The Hall–Kier alpha value is -2.26. The zero-order valence-electron chi connectivity index (χ0n) is 17.2. The van der Waals surface area contributed by atoms with Crippen LogP contribution in [0.5, 0.6) is 0 Å². The predicted molar refractivity (Wildman–Crippen MR) is 125 cm³/mol. The Labute approximate surface area is 199 Å². The number of anilines is 1. The van der Waals surface area contributed by atoms with Crippen LogP contribution in [0.1, 0.15) is 26.3 Å². The van der Waals surface area contributed by atoms with Crippen molar-refractivity contribution in [3.05, 3.63) is 43.8 Å². The van der Waals surface area contributed by atoms with Crippen LogP contribution in [-0.2, 0) is 4.74 Å². The second-order valence-corrected chi connectivity index (χ2v) is 9.76. The van der Waals surface area contributed by atoms with Crippen LogP contribution in [0.3, 0.4) is 0 Å². The molecule has 0 N–H and O–H groups in total. The number of rotatable bonds is 2. The van der Waals surface area contributed by atoms with Crippen LogP contribution < -0.4 is 4.90 Å². The van der Waals surface area contributed by atoms with Gasteiger partial charge in [-0.1, -0.05) is 23.2 Å². The molecular weight excluding hydrogens is 505 g/mol. The fraction of sp³-hybridized carbons (Fsp3) is 0.429. The highest BCUT2D eigenvalue weighted by Crippen LogP contribution is 2.38. The van der Waals surface area contributed by atoms with Gasteiger partial charge in [0, 0.05) is 29.5 Å². The van der Waals surface area contributed by atoms with Crippen molar-refractivity contribution in [1.82, 2.24) is 9.88 Å². The van der Waals surface area contributed by atoms with E-state index in [0.29, 0.717) is 45.7 Å². The minimum Gasteiger partial charge on any atom is -0.444 e. The van der Waals surface area contributed by atoms with Crippen molar-refractivity contribution in [3.63, 3.8) is 0 Å². The molecule has 0 bridgehead atoms. The van der Waals surface area contributed by atoms with Crippen molar-refractivity contribution in [1.29, 1.82) is 5.26 Å². The minimum atomic E-state index is -0.635. The predicted octanol–water partition coefficient (Wildman–Crippen LogP) is 5.52. The van der Waals surface area contributed by atoms with Gasteiger partial charge in [-0.05, 0) is 48.8 Å². The van der Waals surface area contributed by atoms with Crippen molar-refractivity contribution >= 4 is 61.8 Å². The van der Waals surface area contributed by atoms with Crippen LogP contribution in [0.2, 0.25) is 10.2 Å². The summed E-state index contributed by atoms with van der Waals surface area (Å²) in [5.74, 6) is 0. The number of amides is 1. The molecule has 31 heavy (non-hydrogen) atoms. The molecule has 1 aliphatic heterocycles. The third-order valence-corrected chi connectivity index (χ3v) is 6.27. The number of halogens is 3. The number of fused-ring (bicyclic) bond motifs is 1. The Bertz CT molecular complexity index is 1120. The van der Waals surface area contributed by atoms with E-state index in [2.05, 4.69) is 31.8 Å². The first kappa shape index (κ1) is 23.4. The highest BCUT2D eigenvalue weighted by Gasteiger charge is 2.36. The van der Waals surface area contributed by atoms with E-state index >= 15 is 0 Å². The van der Waals surface area contributed by atoms with Crippen LogP contribution in [0.25, 0.3) is 15.7 Å². The number of aromatic nitrogens is 1. The molecule has 1 amide bonds. The molecule has 1 fully saturated rings. The van der Waals surface area contributed by atoms with Gasteiger partial charge in [0.2, 0.25) is 6.54 Å². The lowest BCUT2D eigenvalue weighted by atomic mass is 10.1. The van der Waals surface area contributed by atoms with Gasteiger partial charge in [0.1, 0.15) is 28.4 Å². The van der Waals surface area contributed by atoms with Gasteiger partial charge in [0.25, 0.3) is 0 Å².